The number of anilines is 1. The number of aromatic amines is 1. The Morgan fingerprint density at radius 3 is 2.35 bits per heavy atom. The Labute approximate surface area is 325 Å². The molecule has 4 aromatic rings. The SMILES string of the molecule is O=C1CCC(N2Cc3cc4c(cc3C2=O)CN(C2CN(C(=O)CC3CN(c5cc(F)c([C@@H]6c7[nH]c8ccccc8c7CCN6CC(F)F)c(F)c5)C3)C2)C4)C(=O)N1. The van der Waals surface area contributed by atoms with Crippen LogP contribution in [0.2, 0.25) is 0 Å². The first kappa shape index (κ1) is 36.1. The lowest BCUT2D eigenvalue weighted by atomic mass is 9.90. The zero-order valence-corrected chi connectivity index (χ0v) is 31.1. The number of likely N-dealkylation sites (tertiary alicyclic amines) is 1. The smallest absolute Gasteiger partial charge is 0.255 e. The number of amides is 4. The summed E-state index contributed by atoms with van der Waals surface area (Å²) >= 11 is 0. The van der Waals surface area contributed by atoms with E-state index in [9.17, 15) is 28.0 Å². The number of alkyl halides is 2. The van der Waals surface area contributed by atoms with E-state index in [1.807, 2.05) is 40.1 Å². The normalized spacial score (nSPS) is 22.9. The quantitative estimate of drug-likeness (QED) is 0.201. The maximum atomic E-state index is 16.0. The van der Waals surface area contributed by atoms with Gasteiger partial charge in [0, 0.05) is 111 Å². The number of H-pyrrole nitrogens is 1. The number of rotatable bonds is 8. The molecule has 0 aliphatic carbocycles. The van der Waals surface area contributed by atoms with Gasteiger partial charge in [0.1, 0.15) is 17.7 Å². The summed E-state index contributed by atoms with van der Waals surface area (Å²) in [4.78, 5) is 62.9. The summed E-state index contributed by atoms with van der Waals surface area (Å²) in [6.45, 7) is 3.49. The van der Waals surface area contributed by atoms with Crippen LogP contribution in [0.4, 0.5) is 23.2 Å². The third kappa shape index (κ3) is 6.17. The molecule has 10 rings (SSSR count). The molecule has 0 radical (unpaired) electrons. The summed E-state index contributed by atoms with van der Waals surface area (Å²) in [5, 5.41) is 3.26. The van der Waals surface area contributed by atoms with E-state index >= 15 is 8.78 Å². The third-order valence-corrected chi connectivity index (χ3v) is 13.0. The number of benzene rings is 3. The number of nitrogens with one attached hydrogen (secondary N) is 2. The average molecular weight is 784 g/mol. The van der Waals surface area contributed by atoms with Gasteiger partial charge in [0.25, 0.3) is 12.3 Å². The summed E-state index contributed by atoms with van der Waals surface area (Å²) in [7, 11) is 0. The van der Waals surface area contributed by atoms with Crippen molar-refractivity contribution >= 4 is 40.2 Å². The second-order valence-electron chi connectivity index (χ2n) is 16.4. The molecule has 3 saturated heterocycles. The molecule has 2 N–H and O–H groups in total. The minimum absolute atomic E-state index is 0.0341. The lowest BCUT2D eigenvalue weighted by molar-refractivity contribution is -0.140. The fourth-order valence-electron chi connectivity index (χ4n) is 9.94. The van der Waals surface area contributed by atoms with Crippen LogP contribution in [0, 0.1) is 17.6 Å². The van der Waals surface area contributed by atoms with Gasteiger partial charge in [0.05, 0.1) is 12.6 Å². The van der Waals surface area contributed by atoms with Crippen LogP contribution >= 0.6 is 0 Å². The summed E-state index contributed by atoms with van der Waals surface area (Å²) in [6.07, 6.45) is -1.31. The van der Waals surface area contributed by atoms with Gasteiger partial charge >= 0.3 is 0 Å². The van der Waals surface area contributed by atoms with E-state index in [1.165, 1.54) is 17.0 Å². The van der Waals surface area contributed by atoms with Crippen molar-refractivity contribution in [1.82, 2.24) is 29.9 Å². The summed E-state index contributed by atoms with van der Waals surface area (Å²) in [6, 6.07) is 12.6. The van der Waals surface area contributed by atoms with E-state index in [1.54, 1.807) is 4.90 Å². The molecule has 3 fully saturated rings. The lowest BCUT2D eigenvalue weighted by Crippen LogP contribution is -2.60. The topological polar surface area (TPSA) is 112 Å². The maximum Gasteiger partial charge on any atom is 0.255 e. The summed E-state index contributed by atoms with van der Waals surface area (Å²) in [5.74, 6) is -2.43. The first-order valence-electron chi connectivity index (χ1n) is 19.7. The highest BCUT2D eigenvalue weighted by Gasteiger charge is 2.43. The van der Waals surface area contributed by atoms with E-state index in [0.717, 1.165) is 33.2 Å². The highest BCUT2D eigenvalue weighted by Crippen LogP contribution is 2.42. The zero-order valence-electron chi connectivity index (χ0n) is 31.1. The molecule has 57 heavy (non-hydrogen) atoms. The molecule has 11 nitrogen and oxygen atoms in total. The number of imide groups is 1. The average Bonchev–Trinajstić information content (AvgIpc) is 3.81. The van der Waals surface area contributed by atoms with Gasteiger partial charge in [-0.25, -0.2) is 17.6 Å². The second-order valence-corrected chi connectivity index (χ2v) is 16.4. The number of para-hydroxylation sites is 1. The van der Waals surface area contributed by atoms with Gasteiger partial charge < -0.3 is 19.7 Å². The molecule has 296 valence electrons. The van der Waals surface area contributed by atoms with Crippen molar-refractivity contribution in [2.45, 2.75) is 69.9 Å². The van der Waals surface area contributed by atoms with E-state index in [4.69, 9.17) is 0 Å². The van der Waals surface area contributed by atoms with Gasteiger partial charge in [-0.2, -0.15) is 0 Å². The molecule has 15 heteroatoms. The Hall–Kier alpha value is -5.28. The minimum Gasteiger partial charge on any atom is -0.371 e. The number of nitrogens with zero attached hydrogens (tertiary/aromatic N) is 5. The lowest BCUT2D eigenvalue weighted by Gasteiger charge is -2.46. The van der Waals surface area contributed by atoms with Crippen LogP contribution in [0.1, 0.15) is 69.2 Å². The Bertz CT molecular complexity index is 2330. The van der Waals surface area contributed by atoms with Crippen LogP contribution in [-0.2, 0) is 40.4 Å². The molecular formula is C42H41F4N7O4. The van der Waals surface area contributed by atoms with Gasteiger partial charge in [-0.05, 0) is 59.4 Å². The molecule has 2 atom stereocenters. The number of piperidine rings is 1. The summed E-state index contributed by atoms with van der Waals surface area (Å²) < 4.78 is 59.3. The van der Waals surface area contributed by atoms with Crippen molar-refractivity contribution < 1.29 is 36.7 Å². The van der Waals surface area contributed by atoms with Gasteiger partial charge in [0.15, 0.2) is 0 Å². The van der Waals surface area contributed by atoms with E-state index in [2.05, 4.69) is 21.3 Å². The molecule has 4 amide bonds. The van der Waals surface area contributed by atoms with Crippen LogP contribution in [0.5, 0.6) is 0 Å². The van der Waals surface area contributed by atoms with Crippen LogP contribution in [0.15, 0.2) is 48.5 Å². The molecular weight excluding hydrogens is 742 g/mol. The minimum atomic E-state index is -2.67. The number of carbonyl (C=O) groups excluding carboxylic acids is 4. The first-order valence-corrected chi connectivity index (χ1v) is 19.7. The molecule has 0 saturated carbocycles. The molecule has 1 aromatic heterocycles. The number of halogens is 4. The number of hydrogen-bond donors (Lipinski definition) is 2. The molecule has 1 unspecified atom stereocenters. The van der Waals surface area contributed by atoms with Gasteiger partial charge in [0.2, 0.25) is 17.7 Å². The largest absolute Gasteiger partial charge is 0.371 e. The fraction of sp³-hybridized carbons (Fsp3) is 0.429. The van der Waals surface area contributed by atoms with Gasteiger partial charge in [-0.3, -0.25) is 34.3 Å². The number of hydrogen-bond acceptors (Lipinski definition) is 7. The van der Waals surface area contributed by atoms with Crippen molar-refractivity contribution in [2.24, 2.45) is 5.92 Å². The van der Waals surface area contributed by atoms with Crippen molar-refractivity contribution in [3.8, 4) is 0 Å². The monoisotopic (exact) mass is 783 g/mol. The Morgan fingerprint density at radius 1 is 0.877 bits per heavy atom. The molecule has 0 bridgehead atoms. The van der Waals surface area contributed by atoms with Crippen LogP contribution in [0.25, 0.3) is 10.9 Å². The van der Waals surface area contributed by atoms with Crippen molar-refractivity contribution in [1.29, 1.82) is 0 Å². The molecule has 3 aromatic carbocycles. The predicted octanol–water partition coefficient (Wildman–Crippen LogP) is 4.47. The van der Waals surface area contributed by atoms with Crippen molar-refractivity contribution in [2.75, 3.05) is 44.2 Å². The third-order valence-electron chi connectivity index (χ3n) is 13.0. The summed E-state index contributed by atoms with van der Waals surface area (Å²) in [5.41, 5.74) is 6.03. The van der Waals surface area contributed by atoms with Crippen LogP contribution in [0.3, 0.4) is 0 Å². The van der Waals surface area contributed by atoms with Crippen LogP contribution in [-0.4, -0.2) is 106 Å². The highest BCUT2D eigenvalue weighted by atomic mass is 19.3. The number of carbonyl (C=O) groups is 4. The van der Waals surface area contributed by atoms with Crippen LogP contribution < -0.4 is 10.2 Å². The van der Waals surface area contributed by atoms with E-state index in [0.29, 0.717) is 82.0 Å². The molecule has 0 spiro atoms. The first-order chi connectivity index (χ1) is 27.5. The Balaban J connectivity index is 0.738. The second kappa shape index (κ2) is 13.7. The van der Waals surface area contributed by atoms with E-state index in [-0.39, 0.29) is 48.2 Å². The van der Waals surface area contributed by atoms with Gasteiger partial charge in [-0.1, -0.05) is 24.3 Å². The number of aromatic nitrogens is 1. The van der Waals surface area contributed by atoms with Crippen molar-refractivity contribution in [3.63, 3.8) is 0 Å². The highest BCUT2D eigenvalue weighted by molar-refractivity contribution is 6.05. The molecule has 6 aliphatic rings. The van der Waals surface area contributed by atoms with Gasteiger partial charge in [-0.15, -0.1) is 0 Å². The zero-order chi connectivity index (χ0) is 39.3. The fourth-order valence-corrected chi connectivity index (χ4v) is 9.94. The standard InChI is InChI=1S/C42H41F4N7O4/c43-31-12-26(13-32(44)38(31)40-39-29(7-8-49(40)21-35(45)46)28-3-1-2-4-33(28)47-39)50-14-22(15-50)9-37(55)52-19-27(20-52)51-16-23-10-25-18-53(34-5-6-36(54)48-41(34)56)42(57)30(25)11-24(23)17-51/h1-4,10-13,22,27,34-35,40,47H,5-9,14-21H2,(H,48,54,56)/t34?,40-/m1/s1. The predicted molar refractivity (Wildman–Crippen MR) is 200 cm³/mol. The molecule has 6 aliphatic heterocycles. The number of fused-ring (bicyclic) bond motifs is 5. The Kier molecular flexibility index (Phi) is 8.66. The Morgan fingerprint density at radius 2 is 1.61 bits per heavy atom. The van der Waals surface area contributed by atoms with E-state index < -0.39 is 42.6 Å². The van der Waals surface area contributed by atoms with Crippen molar-refractivity contribution in [3.05, 3.63) is 99.2 Å². The molecule has 7 heterocycles. The maximum absolute atomic E-state index is 16.0.